The van der Waals surface area contributed by atoms with E-state index in [4.69, 9.17) is 9.47 Å². The second-order valence-electron chi connectivity index (χ2n) is 6.33. The highest BCUT2D eigenvalue weighted by Gasteiger charge is 2.21. The molecule has 0 N–H and O–H groups in total. The SMILES string of the molecule is CC(C)(C)OC(=O)N(C#COc1cccc(F)c1)Cc1ccc(Br)nc1. The summed E-state index contributed by atoms with van der Waals surface area (Å²) in [5.41, 5.74) is 0.0948. The Balaban J connectivity index is 2.15. The number of carbonyl (C=O) groups is 1. The van der Waals surface area contributed by atoms with Crippen molar-refractivity contribution in [3.05, 3.63) is 58.6 Å². The van der Waals surface area contributed by atoms with Crippen molar-refractivity contribution >= 4 is 22.0 Å². The predicted octanol–water partition coefficient (Wildman–Crippen LogP) is 4.72. The van der Waals surface area contributed by atoms with Crippen LogP contribution in [0.2, 0.25) is 0 Å². The number of halogens is 2. The van der Waals surface area contributed by atoms with Gasteiger partial charge in [0.15, 0.2) is 0 Å². The second-order valence-corrected chi connectivity index (χ2v) is 7.14. The number of rotatable bonds is 3. The molecule has 0 saturated heterocycles. The fraction of sp³-hybridized carbons (Fsp3) is 0.263. The van der Waals surface area contributed by atoms with Gasteiger partial charge in [-0.05, 0) is 60.5 Å². The van der Waals surface area contributed by atoms with E-state index in [0.29, 0.717) is 4.60 Å². The molecule has 0 fully saturated rings. The number of hydrogen-bond acceptors (Lipinski definition) is 4. The van der Waals surface area contributed by atoms with Crippen LogP contribution in [-0.2, 0) is 11.3 Å². The van der Waals surface area contributed by atoms with Crippen LogP contribution in [0.4, 0.5) is 9.18 Å². The summed E-state index contributed by atoms with van der Waals surface area (Å²) in [6.45, 7) is 5.46. The van der Waals surface area contributed by atoms with Crippen molar-refractivity contribution in [2.75, 3.05) is 0 Å². The van der Waals surface area contributed by atoms with E-state index >= 15 is 0 Å². The van der Waals surface area contributed by atoms with Gasteiger partial charge in [-0.1, -0.05) is 12.1 Å². The number of nitrogens with zero attached hydrogens (tertiary/aromatic N) is 2. The topological polar surface area (TPSA) is 51.7 Å². The summed E-state index contributed by atoms with van der Waals surface area (Å²) in [7, 11) is 0. The largest absolute Gasteiger partial charge is 0.443 e. The number of aromatic nitrogens is 1. The molecule has 1 aromatic heterocycles. The van der Waals surface area contributed by atoms with E-state index < -0.39 is 17.5 Å². The Morgan fingerprint density at radius 2 is 2.08 bits per heavy atom. The Morgan fingerprint density at radius 3 is 2.69 bits per heavy atom. The second kappa shape index (κ2) is 8.68. The van der Waals surface area contributed by atoms with Crippen LogP contribution in [0.1, 0.15) is 26.3 Å². The Labute approximate surface area is 160 Å². The number of carbonyl (C=O) groups excluding carboxylic acids is 1. The lowest BCUT2D eigenvalue weighted by Crippen LogP contribution is -2.33. The Bertz CT molecular complexity index is 823. The fourth-order valence-corrected chi connectivity index (χ4v) is 2.05. The minimum absolute atomic E-state index is 0.161. The van der Waals surface area contributed by atoms with Crippen molar-refractivity contribution in [3.63, 3.8) is 0 Å². The highest BCUT2D eigenvalue weighted by molar-refractivity contribution is 9.10. The van der Waals surface area contributed by atoms with Gasteiger partial charge in [-0.2, -0.15) is 0 Å². The van der Waals surface area contributed by atoms with Gasteiger partial charge in [0, 0.05) is 12.3 Å². The molecule has 0 aliphatic heterocycles. The van der Waals surface area contributed by atoms with Gasteiger partial charge >= 0.3 is 6.09 Å². The van der Waals surface area contributed by atoms with E-state index in [9.17, 15) is 9.18 Å². The molecule has 136 valence electrons. The summed E-state index contributed by atoms with van der Waals surface area (Å²) < 4.78 is 24.4. The Morgan fingerprint density at radius 1 is 1.31 bits per heavy atom. The van der Waals surface area contributed by atoms with Crippen molar-refractivity contribution in [3.8, 4) is 17.9 Å². The molecule has 7 heteroatoms. The standard InChI is InChI=1S/C19H18BrFN2O3/c1-19(2,3)26-18(24)23(13-14-7-8-17(20)22-12-14)9-10-25-16-6-4-5-15(21)11-16/h4-8,11-12H,13H2,1-3H3. The zero-order valence-corrected chi connectivity index (χ0v) is 16.2. The average Bonchev–Trinajstić information content (AvgIpc) is 2.54. The third-order valence-corrected chi connectivity index (χ3v) is 3.36. The van der Waals surface area contributed by atoms with Crippen molar-refractivity contribution < 1.29 is 18.7 Å². The van der Waals surface area contributed by atoms with Crippen LogP contribution in [0, 0.1) is 18.0 Å². The molecule has 0 radical (unpaired) electrons. The van der Waals surface area contributed by atoms with Gasteiger partial charge in [-0.15, -0.1) is 0 Å². The van der Waals surface area contributed by atoms with Crippen LogP contribution >= 0.6 is 15.9 Å². The molecular formula is C19H18BrFN2O3. The normalized spacial score (nSPS) is 10.5. The molecule has 2 aromatic rings. The molecule has 0 aliphatic rings. The molecule has 0 atom stereocenters. The summed E-state index contributed by atoms with van der Waals surface area (Å²) in [4.78, 5) is 17.7. The average molecular weight is 421 g/mol. The Hall–Kier alpha value is -2.59. The zero-order valence-electron chi connectivity index (χ0n) is 14.6. The van der Waals surface area contributed by atoms with Crippen molar-refractivity contribution in [2.45, 2.75) is 32.9 Å². The van der Waals surface area contributed by atoms with Crippen LogP contribution in [-0.4, -0.2) is 21.6 Å². The molecule has 0 bridgehead atoms. The maximum Gasteiger partial charge on any atom is 0.422 e. The number of hydrogen-bond donors (Lipinski definition) is 0. The third kappa shape index (κ3) is 6.73. The van der Waals surface area contributed by atoms with Crippen molar-refractivity contribution in [1.29, 1.82) is 0 Å². The maximum atomic E-state index is 13.2. The smallest absolute Gasteiger partial charge is 0.422 e. The third-order valence-electron chi connectivity index (χ3n) is 2.89. The number of pyridine rings is 1. The van der Waals surface area contributed by atoms with Crippen molar-refractivity contribution in [2.24, 2.45) is 0 Å². The van der Waals surface area contributed by atoms with Crippen LogP contribution < -0.4 is 4.74 Å². The summed E-state index contributed by atoms with van der Waals surface area (Å²) in [6.07, 6.45) is 3.41. The predicted molar refractivity (Wildman–Crippen MR) is 98.5 cm³/mol. The van der Waals surface area contributed by atoms with Gasteiger partial charge < -0.3 is 9.47 Å². The molecule has 26 heavy (non-hydrogen) atoms. The molecule has 0 saturated carbocycles. The number of amides is 1. The van der Waals surface area contributed by atoms with Gasteiger partial charge in [-0.25, -0.2) is 19.1 Å². The molecule has 0 aliphatic carbocycles. The lowest BCUT2D eigenvalue weighted by atomic mass is 10.2. The maximum absolute atomic E-state index is 13.2. The van der Waals surface area contributed by atoms with Gasteiger partial charge in [0.05, 0.1) is 12.6 Å². The molecule has 0 unspecified atom stereocenters. The van der Waals surface area contributed by atoms with Crippen LogP contribution in [0.25, 0.3) is 0 Å². The number of ether oxygens (including phenoxy) is 2. The van der Waals surface area contributed by atoms with Gasteiger partial charge in [0.1, 0.15) is 27.9 Å². The van der Waals surface area contributed by atoms with Crippen molar-refractivity contribution in [1.82, 2.24) is 9.88 Å². The van der Waals surface area contributed by atoms with E-state index in [1.807, 2.05) is 6.07 Å². The zero-order chi connectivity index (χ0) is 19.2. The van der Waals surface area contributed by atoms with Gasteiger partial charge in [0.2, 0.25) is 0 Å². The molecule has 1 aromatic carbocycles. The first kappa shape index (κ1) is 19.7. The highest BCUT2D eigenvalue weighted by Crippen LogP contribution is 2.14. The summed E-state index contributed by atoms with van der Waals surface area (Å²) >= 11 is 3.26. The first-order valence-corrected chi connectivity index (χ1v) is 8.56. The van der Waals surface area contributed by atoms with Crippen LogP contribution in [0.15, 0.2) is 47.2 Å². The first-order valence-electron chi connectivity index (χ1n) is 7.77. The van der Waals surface area contributed by atoms with Gasteiger partial charge in [0.25, 0.3) is 0 Å². The minimum Gasteiger partial charge on any atom is -0.443 e. The van der Waals surface area contributed by atoms with Crippen LogP contribution in [0.5, 0.6) is 5.75 Å². The lowest BCUT2D eigenvalue weighted by molar-refractivity contribution is 0.0340. The summed E-state index contributed by atoms with van der Waals surface area (Å²) in [5.74, 6) is -0.193. The van der Waals surface area contributed by atoms with Crippen LogP contribution in [0.3, 0.4) is 0 Å². The molecular weight excluding hydrogens is 403 g/mol. The van der Waals surface area contributed by atoms with E-state index in [1.165, 1.54) is 23.1 Å². The van der Waals surface area contributed by atoms with E-state index in [0.717, 1.165) is 5.56 Å². The monoisotopic (exact) mass is 420 g/mol. The molecule has 5 nitrogen and oxygen atoms in total. The first-order chi connectivity index (χ1) is 12.2. The van der Waals surface area contributed by atoms with E-state index in [-0.39, 0.29) is 12.3 Å². The molecule has 0 spiro atoms. The lowest BCUT2D eigenvalue weighted by Gasteiger charge is -2.23. The minimum atomic E-state index is -0.668. The number of benzene rings is 1. The van der Waals surface area contributed by atoms with Gasteiger partial charge in [-0.3, -0.25) is 0 Å². The summed E-state index contributed by atoms with van der Waals surface area (Å²) in [6, 6.07) is 11.7. The highest BCUT2D eigenvalue weighted by atomic mass is 79.9. The van der Waals surface area contributed by atoms with E-state index in [2.05, 4.69) is 33.1 Å². The van der Waals surface area contributed by atoms with E-state index in [1.54, 1.807) is 39.1 Å². The molecule has 1 heterocycles. The molecule has 2 rings (SSSR count). The fourth-order valence-electron chi connectivity index (χ4n) is 1.82. The quantitative estimate of drug-likeness (QED) is 0.409. The Kier molecular flexibility index (Phi) is 6.58. The molecule has 1 amide bonds. The summed E-state index contributed by atoms with van der Waals surface area (Å²) in [5, 5.41) is 0.